The Morgan fingerprint density at radius 2 is 1.92 bits per heavy atom. The Hall–Kier alpha value is -1.89. The lowest BCUT2D eigenvalue weighted by molar-refractivity contribution is -0.148. The number of hydrogen-bond acceptors (Lipinski definition) is 5. The van der Waals surface area contributed by atoms with Crippen molar-refractivity contribution in [3.8, 4) is 0 Å². The number of fused-ring (bicyclic) bond motifs is 2. The smallest absolute Gasteiger partial charge is 0.341 e. The third-order valence-corrected chi connectivity index (χ3v) is 6.63. The second-order valence-corrected chi connectivity index (χ2v) is 8.27. The SMILES string of the molecule is CCCc1cc(C(=O)OCC)c(NC(=O)[C@@H]2[C@@H]3CC[C@H](C3)[C@@H]2C(=O)O)s1. The molecule has 2 aliphatic carbocycles. The molecule has 142 valence electrons. The number of amides is 1. The Bertz CT molecular complexity index is 713. The van der Waals surface area contributed by atoms with E-state index in [0.717, 1.165) is 37.0 Å². The molecule has 0 unspecified atom stereocenters. The minimum atomic E-state index is -0.888. The van der Waals surface area contributed by atoms with Crippen LogP contribution in [0.2, 0.25) is 0 Å². The molecule has 2 aliphatic rings. The second kappa shape index (κ2) is 7.78. The Morgan fingerprint density at radius 3 is 2.54 bits per heavy atom. The van der Waals surface area contributed by atoms with Crippen molar-refractivity contribution >= 4 is 34.2 Å². The molecule has 4 atom stereocenters. The van der Waals surface area contributed by atoms with Gasteiger partial charge >= 0.3 is 11.9 Å². The molecule has 0 aromatic carbocycles. The summed E-state index contributed by atoms with van der Waals surface area (Å²) in [5, 5.41) is 12.9. The van der Waals surface area contributed by atoms with E-state index in [9.17, 15) is 19.5 Å². The monoisotopic (exact) mass is 379 g/mol. The van der Waals surface area contributed by atoms with Gasteiger partial charge < -0.3 is 15.2 Å². The van der Waals surface area contributed by atoms with Gasteiger partial charge in [0.15, 0.2) is 0 Å². The Balaban J connectivity index is 1.82. The van der Waals surface area contributed by atoms with E-state index in [1.165, 1.54) is 11.3 Å². The predicted octanol–water partition coefficient (Wildman–Crippen LogP) is 3.56. The van der Waals surface area contributed by atoms with Crippen LogP contribution in [0.5, 0.6) is 0 Å². The first-order chi connectivity index (χ1) is 12.5. The summed E-state index contributed by atoms with van der Waals surface area (Å²) in [5.74, 6) is -2.53. The molecule has 26 heavy (non-hydrogen) atoms. The maximum atomic E-state index is 12.9. The number of hydrogen-bond donors (Lipinski definition) is 2. The normalized spacial score (nSPS) is 26.7. The fraction of sp³-hybridized carbons (Fsp3) is 0.632. The Kier molecular flexibility index (Phi) is 5.65. The highest BCUT2D eigenvalue weighted by Crippen LogP contribution is 2.52. The molecule has 0 aliphatic heterocycles. The average molecular weight is 379 g/mol. The second-order valence-electron chi connectivity index (χ2n) is 7.14. The molecule has 0 radical (unpaired) electrons. The molecule has 6 nitrogen and oxygen atoms in total. The fourth-order valence-corrected chi connectivity index (χ4v) is 5.63. The van der Waals surface area contributed by atoms with Crippen LogP contribution in [0.25, 0.3) is 0 Å². The zero-order chi connectivity index (χ0) is 18.8. The largest absolute Gasteiger partial charge is 0.481 e. The molecule has 1 heterocycles. The van der Waals surface area contributed by atoms with Crippen molar-refractivity contribution in [2.24, 2.45) is 23.7 Å². The first-order valence-electron chi connectivity index (χ1n) is 9.29. The maximum absolute atomic E-state index is 12.9. The van der Waals surface area contributed by atoms with E-state index in [0.29, 0.717) is 10.6 Å². The molecule has 0 saturated heterocycles. The summed E-state index contributed by atoms with van der Waals surface area (Å²) < 4.78 is 5.10. The van der Waals surface area contributed by atoms with E-state index in [1.807, 2.05) is 0 Å². The maximum Gasteiger partial charge on any atom is 0.341 e. The third kappa shape index (κ3) is 3.49. The number of aliphatic carboxylic acids is 1. The first kappa shape index (κ1) is 18.9. The molecule has 0 spiro atoms. The van der Waals surface area contributed by atoms with E-state index in [1.54, 1.807) is 13.0 Å². The third-order valence-electron chi connectivity index (χ3n) is 5.52. The first-order valence-corrected chi connectivity index (χ1v) is 10.1. The van der Waals surface area contributed by atoms with E-state index in [-0.39, 0.29) is 24.3 Å². The molecule has 2 saturated carbocycles. The van der Waals surface area contributed by atoms with Gasteiger partial charge in [0.05, 0.1) is 24.0 Å². The number of nitrogens with one attached hydrogen (secondary N) is 1. The van der Waals surface area contributed by atoms with Crippen molar-refractivity contribution in [2.75, 3.05) is 11.9 Å². The summed E-state index contributed by atoms with van der Waals surface area (Å²) in [4.78, 5) is 37.8. The Labute approximate surface area is 156 Å². The van der Waals surface area contributed by atoms with Crippen LogP contribution in [0.15, 0.2) is 6.07 Å². The average Bonchev–Trinajstić information content (AvgIpc) is 3.29. The molecule has 2 fully saturated rings. The van der Waals surface area contributed by atoms with Crippen molar-refractivity contribution in [3.05, 3.63) is 16.5 Å². The molecule has 1 aromatic heterocycles. The van der Waals surface area contributed by atoms with Crippen LogP contribution in [0.1, 0.15) is 54.8 Å². The predicted molar refractivity (Wildman–Crippen MR) is 98.3 cm³/mol. The van der Waals surface area contributed by atoms with Crippen LogP contribution < -0.4 is 5.32 Å². The Morgan fingerprint density at radius 1 is 1.23 bits per heavy atom. The van der Waals surface area contributed by atoms with Gasteiger partial charge in [-0.3, -0.25) is 9.59 Å². The van der Waals surface area contributed by atoms with Crippen molar-refractivity contribution < 1.29 is 24.2 Å². The lowest BCUT2D eigenvalue weighted by Crippen LogP contribution is -2.37. The van der Waals surface area contributed by atoms with E-state index < -0.39 is 23.8 Å². The van der Waals surface area contributed by atoms with Crippen LogP contribution >= 0.6 is 11.3 Å². The van der Waals surface area contributed by atoms with Gasteiger partial charge in [-0.05, 0) is 50.5 Å². The number of carboxylic acid groups (broad SMARTS) is 1. The van der Waals surface area contributed by atoms with E-state index in [2.05, 4.69) is 12.2 Å². The van der Waals surface area contributed by atoms with Crippen molar-refractivity contribution in [2.45, 2.75) is 46.0 Å². The number of ether oxygens (including phenoxy) is 1. The number of thiophene rings is 1. The number of esters is 1. The van der Waals surface area contributed by atoms with Gasteiger partial charge in [-0.25, -0.2) is 4.79 Å². The number of anilines is 1. The summed E-state index contributed by atoms with van der Waals surface area (Å²) in [7, 11) is 0. The zero-order valence-corrected chi connectivity index (χ0v) is 15.9. The van der Waals surface area contributed by atoms with Gasteiger partial charge in [-0.2, -0.15) is 0 Å². The van der Waals surface area contributed by atoms with Crippen LogP contribution in [-0.4, -0.2) is 29.6 Å². The summed E-state index contributed by atoms with van der Waals surface area (Å²) in [6.45, 7) is 4.05. The number of aryl methyl sites for hydroxylation is 1. The molecule has 3 rings (SSSR count). The summed E-state index contributed by atoms with van der Waals surface area (Å²) in [5.41, 5.74) is 0.365. The van der Waals surface area contributed by atoms with Gasteiger partial charge in [0.25, 0.3) is 0 Å². The molecule has 1 aromatic rings. The topological polar surface area (TPSA) is 92.7 Å². The van der Waals surface area contributed by atoms with Crippen LogP contribution in [0.4, 0.5) is 5.00 Å². The van der Waals surface area contributed by atoms with Gasteiger partial charge in [-0.1, -0.05) is 13.3 Å². The summed E-state index contributed by atoms with van der Waals surface area (Å²) in [6.07, 6.45) is 4.36. The minimum absolute atomic E-state index is 0.0942. The number of carbonyl (C=O) groups excluding carboxylic acids is 2. The van der Waals surface area contributed by atoms with Crippen LogP contribution in [0, 0.1) is 23.7 Å². The minimum Gasteiger partial charge on any atom is -0.481 e. The van der Waals surface area contributed by atoms with Crippen molar-refractivity contribution in [1.29, 1.82) is 0 Å². The quantitative estimate of drug-likeness (QED) is 0.707. The van der Waals surface area contributed by atoms with Gasteiger partial charge in [-0.15, -0.1) is 11.3 Å². The number of carboxylic acids is 1. The summed E-state index contributed by atoms with van der Waals surface area (Å²) >= 11 is 1.37. The number of carbonyl (C=O) groups is 3. The highest BCUT2D eigenvalue weighted by Gasteiger charge is 2.54. The van der Waals surface area contributed by atoms with Crippen molar-refractivity contribution in [1.82, 2.24) is 0 Å². The van der Waals surface area contributed by atoms with E-state index in [4.69, 9.17) is 4.74 Å². The molecule has 1 amide bonds. The van der Waals surface area contributed by atoms with Gasteiger partial charge in [0, 0.05) is 4.88 Å². The summed E-state index contributed by atoms with van der Waals surface area (Å²) in [6, 6.07) is 1.78. The molecule has 2 N–H and O–H groups in total. The standard InChI is InChI=1S/C19H25NO5S/c1-3-5-12-9-13(19(24)25-4-2)17(26-12)20-16(21)14-10-6-7-11(8-10)15(14)18(22)23/h9-11,14-15H,3-8H2,1-2H3,(H,20,21)(H,22,23)/t10-,11-,14-,15+/m1/s1. The molecular formula is C19H25NO5S. The van der Waals surface area contributed by atoms with Crippen LogP contribution in [0.3, 0.4) is 0 Å². The lowest BCUT2D eigenvalue weighted by atomic mass is 9.79. The van der Waals surface area contributed by atoms with E-state index >= 15 is 0 Å². The molecule has 7 heteroatoms. The van der Waals surface area contributed by atoms with Crippen molar-refractivity contribution in [3.63, 3.8) is 0 Å². The highest BCUT2D eigenvalue weighted by molar-refractivity contribution is 7.16. The zero-order valence-electron chi connectivity index (χ0n) is 15.1. The van der Waals surface area contributed by atoms with Crippen LogP contribution in [-0.2, 0) is 20.7 Å². The fourth-order valence-electron chi connectivity index (χ4n) is 4.48. The molecule has 2 bridgehead atoms. The van der Waals surface area contributed by atoms with Gasteiger partial charge in [0.1, 0.15) is 5.00 Å². The highest BCUT2D eigenvalue weighted by atomic mass is 32.1. The number of rotatable bonds is 7. The van der Waals surface area contributed by atoms with Gasteiger partial charge in [0.2, 0.25) is 5.91 Å². The molecular weight excluding hydrogens is 354 g/mol. The lowest BCUT2D eigenvalue weighted by Gasteiger charge is -2.26.